The van der Waals surface area contributed by atoms with Gasteiger partial charge in [0, 0.05) is 6.54 Å². The molecule has 0 radical (unpaired) electrons. The molecule has 0 aliphatic heterocycles. The molecule has 1 fully saturated rings. The van der Waals surface area contributed by atoms with Crippen molar-refractivity contribution in [3.05, 3.63) is 12.1 Å². The van der Waals surface area contributed by atoms with Gasteiger partial charge in [-0.05, 0) is 36.8 Å². The monoisotopic (exact) mass is 234 g/mol. The van der Waals surface area contributed by atoms with Crippen molar-refractivity contribution in [1.29, 1.82) is 0 Å². The highest BCUT2D eigenvalue weighted by molar-refractivity contribution is 5.61. The second kappa shape index (κ2) is 5.25. The largest absolute Gasteiger partial charge is 0.396 e. The molecule has 0 aromatic carbocycles. The van der Waals surface area contributed by atoms with Gasteiger partial charge in [-0.1, -0.05) is 19.8 Å². The molecular weight excluding hydrogens is 212 g/mol. The fourth-order valence-electron chi connectivity index (χ4n) is 2.58. The molecule has 5 N–H and O–H groups in total. The summed E-state index contributed by atoms with van der Waals surface area (Å²) in [6.07, 6.45) is 5.37. The average molecular weight is 234 g/mol. The molecule has 1 aliphatic rings. The van der Waals surface area contributed by atoms with Crippen molar-refractivity contribution < 1.29 is 0 Å². The van der Waals surface area contributed by atoms with Crippen molar-refractivity contribution in [1.82, 2.24) is 4.98 Å². The Morgan fingerprint density at radius 2 is 2.18 bits per heavy atom. The van der Waals surface area contributed by atoms with E-state index in [0.29, 0.717) is 11.5 Å². The van der Waals surface area contributed by atoms with Gasteiger partial charge in [0.15, 0.2) is 0 Å². The molecule has 1 saturated carbocycles. The fourth-order valence-corrected chi connectivity index (χ4v) is 2.58. The quantitative estimate of drug-likeness (QED) is 0.751. The highest BCUT2D eigenvalue weighted by Crippen LogP contribution is 2.28. The molecule has 0 saturated heterocycles. The van der Waals surface area contributed by atoms with Crippen LogP contribution < -0.4 is 16.8 Å². The Morgan fingerprint density at radius 1 is 1.35 bits per heavy atom. The summed E-state index contributed by atoms with van der Waals surface area (Å²) in [4.78, 5) is 4.22. The third-order valence-corrected chi connectivity index (χ3v) is 3.57. The number of hydrogen-bond acceptors (Lipinski definition) is 4. The Hall–Kier alpha value is -1.45. The highest BCUT2D eigenvalue weighted by Gasteiger charge is 2.18. The summed E-state index contributed by atoms with van der Waals surface area (Å²) in [6.45, 7) is 3.33. The predicted molar refractivity (Wildman–Crippen MR) is 72.7 cm³/mol. The summed E-state index contributed by atoms with van der Waals surface area (Å²) >= 11 is 0. The van der Waals surface area contributed by atoms with Crippen LogP contribution in [0.1, 0.15) is 32.6 Å². The maximum Gasteiger partial charge on any atom is 0.149 e. The van der Waals surface area contributed by atoms with Gasteiger partial charge < -0.3 is 16.8 Å². The molecule has 2 rings (SSSR count). The minimum atomic E-state index is 0.409. The van der Waals surface area contributed by atoms with Crippen molar-refractivity contribution in [2.45, 2.75) is 32.6 Å². The van der Waals surface area contributed by atoms with Gasteiger partial charge in [-0.25, -0.2) is 4.98 Å². The van der Waals surface area contributed by atoms with E-state index < -0.39 is 0 Å². The number of nitrogen functional groups attached to an aromatic ring is 2. The molecule has 0 bridgehead atoms. The Kier molecular flexibility index (Phi) is 3.71. The summed E-state index contributed by atoms with van der Waals surface area (Å²) in [5, 5.41) is 3.36. The van der Waals surface area contributed by atoms with Gasteiger partial charge in [0.2, 0.25) is 0 Å². The zero-order valence-electron chi connectivity index (χ0n) is 10.4. The van der Waals surface area contributed by atoms with Crippen LogP contribution in [0.3, 0.4) is 0 Å². The van der Waals surface area contributed by atoms with Crippen LogP contribution in [-0.2, 0) is 0 Å². The van der Waals surface area contributed by atoms with Crippen molar-refractivity contribution in [2.24, 2.45) is 11.8 Å². The molecule has 1 aromatic heterocycles. The van der Waals surface area contributed by atoms with Gasteiger partial charge in [-0.15, -0.1) is 0 Å². The zero-order chi connectivity index (χ0) is 12.3. The van der Waals surface area contributed by atoms with Crippen molar-refractivity contribution >= 4 is 17.3 Å². The SMILES string of the molecule is CC1CCCC(CNc2ccc(N)c(N)n2)C1. The number of pyridine rings is 1. The first kappa shape index (κ1) is 12.0. The number of hydrogen-bond donors (Lipinski definition) is 3. The van der Waals surface area contributed by atoms with Crippen LogP contribution in [0.2, 0.25) is 0 Å². The van der Waals surface area contributed by atoms with Gasteiger partial charge in [0.1, 0.15) is 11.6 Å². The van der Waals surface area contributed by atoms with Crippen molar-refractivity contribution in [2.75, 3.05) is 23.3 Å². The van der Waals surface area contributed by atoms with E-state index in [1.165, 1.54) is 25.7 Å². The van der Waals surface area contributed by atoms with Gasteiger partial charge in [0.05, 0.1) is 5.69 Å². The Morgan fingerprint density at radius 3 is 2.88 bits per heavy atom. The van der Waals surface area contributed by atoms with E-state index in [1.807, 2.05) is 6.07 Å². The molecule has 94 valence electrons. The normalized spacial score (nSPS) is 24.5. The lowest BCUT2D eigenvalue weighted by Gasteiger charge is -2.26. The van der Waals surface area contributed by atoms with Gasteiger partial charge in [0.25, 0.3) is 0 Å². The number of rotatable bonds is 3. The van der Waals surface area contributed by atoms with E-state index in [9.17, 15) is 0 Å². The Labute approximate surface area is 103 Å². The minimum Gasteiger partial charge on any atom is -0.396 e. The zero-order valence-corrected chi connectivity index (χ0v) is 10.4. The maximum atomic E-state index is 5.68. The van der Waals surface area contributed by atoms with Crippen LogP contribution in [0, 0.1) is 11.8 Å². The van der Waals surface area contributed by atoms with Crippen molar-refractivity contribution in [3.63, 3.8) is 0 Å². The maximum absolute atomic E-state index is 5.68. The number of aromatic nitrogens is 1. The van der Waals surface area contributed by atoms with E-state index in [2.05, 4.69) is 17.2 Å². The van der Waals surface area contributed by atoms with Crippen LogP contribution >= 0.6 is 0 Å². The molecule has 2 atom stereocenters. The Balaban J connectivity index is 1.86. The fraction of sp³-hybridized carbons (Fsp3) is 0.615. The van der Waals surface area contributed by atoms with Crippen LogP contribution in [0.4, 0.5) is 17.3 Å². The number of nitrogens with zero attached hydrogens (tertiary/aromatic N) is 1. The van der Waals surface area contributed by atoms with Crippen molar-refractivity contribution in [3.8, 4) is 0 Å². The van der Waals surface area contributed by atoms with E-state index in [-0.39, 0.29) is 0 Å². The molecule has 17 heavy (non-hydrogen) atoms. The molecule has 1 aromatic rings. The second-order valence-corrected chi connectivity index (χ2v) is 5.19. The number of anilines is 3. The molecule has 2 unspecified atom stereocenters. The molecule has 0 amide bonds. The van der Waals surface area contributed by atoms with Crippen LogP contribution in [-0.4, -0.2) is 11.5 Å². The lowest BCUT2D eigenvalue weighted by Crippen LogP contribution is -2.21. The number of nitrogens with one attached hydrogen (secondary N) is 1. The van der Waals surface area contributed by atoms with E-state index >= 15 is 0 Å². The van der Waals surface area contributed by atoms with Gasteiger partial charge in [-0.3, -0.25) is 0 Å². The first-order chi connectivity index (χ1) is 8.15. The lowest BCUT2D eigenvalue weighted by molar-refractivity contribution is 0.293. The van der Waals surface area contributed by atoms with Crippen LogP contribution in [0.5, 0.6) is 0 Å². The molecule has 0 spiro atoms. The first-order valence-electron chi connectivity index (χ1n) is 6.41. The first-order valence-corrected chi connectivity index (χ1v) is 6.41. The van der Waals surface area contributed by atoms with Gasteiger partial charge in [-0.2, -0.15) is 0 Å². The summed E-state index contributed by atoms with van der Waals surface area (Å²) < 4.78 is 0. The van der Waals surface area contributed by atoms with E-state index in [4.69, 9.17) is 11.5 Å². The van der Waals surface area contributed by atoms with Crippen LogP contribution in [0.25, 0.3) is 0 Å². The predicted octanol–water partition coefficient (Wildman–Crippen LogP) is 2.48. The van der Waals surface area contributed by atoms with E-state index in [1.54, 1.807) is 6.07 Å². The Bertz CT molecular complexity index is 378. The topological polar surface area (TPSA) is 77.0 Å². The third kappa shape index (κ3) is 3.25. The molecule has 1 aliphatic carbocycles. The molecule has 4 heteroatoms. The van der Waals surface area contributed by atoms with Gasteiger partial charge >= 0.3 is 0 Å². The second-order valence-electron chi connectivity index (χ2n) is 5.19. The number of nitrogens with two attached hydrogens (primary N) is 2. The standard InChI is InChI=1S/C13H22N4/c1-9-3-2-4-10(7-9)8-16-12-6-5-11(14)13(15)17-12/h5-6,9-10H,2-4,7-8,14H2,1H3,(H3,15,16,17). The minimum absolute atomic E-state index is 0.409. The molecule has 4 nitrogen and oxygen atoms in total. The highest BCUT2D eigenvalue weighted by atomic mass is 15.0. The lowest BCUT2D eigenvalue weighted by atomic mass is 9.82. The molecular formula is C13H22N4. The molecule has 1 heterocycles. The summed E-state index contributed by atoms with van der Waals surface area (Å²) in [5.41, 5.74) is 11.8. The van der Waals surface area contributed by atoms with E-state index in [0.717, 1.165) is 24.2 Å². The van der Waals surface area contributed by atoms with Crippen LogP contribution in [0.15, 0.2) is 12.1 Å². The third-order valence-electron chi connectivity index (χ3n) is 3.57. The average Bonchev–Trinajstić information content (AvgIpc) is 2.31. The smallest absolute Gasteiger partial charge is 0.149 e. The summed E-state index contributed by atoms with van der Waals surface area (Å²) in [6, 6.07) is 3.69. The summed E-state index contributed by atoms with van der Waals surface area (Å²) in [7, 11) is 0. The summed E-state index contributed by atoms with van der Waals surface area (Å²) in [5.74, 6) is 2.86.